The summed E-state index contributed by atoms with van der Waals surface area (Å²) in [5.41, 5.74) is 0. The van der Waals surface area contributed by atoms with Crippen LogP contribution in [0.2, 0.25) is 19.1 Å². The van der Waals surface area contributed by atoms with Crippen molar-refractivity contribution in [2.75, 3.05) is 0 Å². The molecule has 0 spiro atoms. The summed E-state index contributed by atoms with van der Waals surface area (Å²) in [5.74, 6) is 0. The summed E-state index contributed by atoms with van der Waals surface area (Å²) in [6.07, 6.45) is 5.50. The maximum Gasteiger partial charge on any atom is 0.154 e. The number of allylic oxidation sites excluding steroid dienone is 2. The lowest BCUT2D eigenvalue weighted by atomic mass is 10.4. The highest BCUT2D eigenvalue weighted by molar-refractivity contribution is 7.19. The monoisotopic (exact) mass is 162 g/mol. The van der Waals surface area contributed by atoms with Gasteiger partial charge in [-0.1, -0.05) is 32.2 Å². The van der Waals surface area contributed by atoms with Crippen LogP contribution < -0.4 is 0 Å². The molecule has 0 rings (SSSR count). The van der Waals surface area contributed by atoms with Crippen molar-refractivity contribution in [1.82, 2.24) is 0 Å². The van der Waals surface area contributed by atoms with E-state index >= 15 is 0 Å². The average molecular weight is 163 g/mol. The molecule has 9 heavy (non-hydrogen) atoms. The number of hydrogen-bond acceptors (Lipinski definition) is 0. The highest BCUT2D eigenvalue weighted by atomic mass is 35.6. The molecule has 0 aliphatic heterocycles. The van der Waals surface area contributed by atoms with E-state index in [1.807, 2.05) is 0 Å². The minimum atomic E-state index is -1.31. The van der Waals surface area contributed by atoms with Crippen molar-refractivity contribution in [2.24, 2.45) is 0 Å². The van der Waals surface area contributed by atoms with Gasteiger partial charge < -0.3 is 0 Å². The molecular formula is C7H15ClSi. The van der Waals surface area contributed by atoms with Crippen LogP contribution in [0, 0.1) is 0 Å². The van der Waals surface area contributed by atoms with Gasteiger partial charge in [-0.3, -0.25) is 0 Å². The Hall–Kier alpha value is 0.247. The minimum Gasteiger partial charge on any atom is -0.167 e. The third-order valence-electron chi connectivity index (χ3n) is 1.01. The zero-order chi connectivity index (χ0) is 7.33. The molecule has 0 aromatic carbocycles. The summed E-state index contributed by atoms with van der Waals surface area (Å²) < 4.78 is 0. The van der Waals surface area contributed by atoms with Gasteiger partial charge in [0.15, 0.2) is 7.38 Å². The fraction of sp³-hybridized carbons (Fsp3) is 0.714. The summed E-state index contributed by atoms with van der Waals surface area (Å²) in [5, 5.41) is 0. The third kappa shape index (κ3) is 8.25. The third-order valence-corrected chi connectivity index (χ3v) is 2.68. The average Bonchev–Trinajstić information content (AvgIpc) is 1.63. The lowest BCUT2D eigenvalue weighted by molar-refractivity contribution is 1.21. The maximum atomic E-state index is 6.06. The Morgan fingerprint density at radius 3 is 2.22 bits per heavy atom. The highest BCUT2D eigenvalue weighted by Gasteiger charge is 2.13. The molecule has 54 valence electrons. The van der Waals surface area contributed by atoms with Crippen LogP contribution in [0.1, 0.15) is 13.3 Å². The van der Waals surface area contributed by atoms with Gasteiger partial charge in [0.1, 0.15) is 0 Å². The van der Waals surface area contributed by atoms with Crippen LogP contribution >= 0.6 is 11.1 Å². The number of hydrogen-bond donors (Lipinski definition) is 0. The molecule has 0 aromatic rings. The van der Waals surface area contributed by atoms with Crippen LogP contribution in [-0.2, 0) is 0 Å². The first kappa shape index (κ1) is 9.25. The van der Waals surface area contributed by atoms with E-state index in [0.29, 0.717) is 0 Å². The van der Waals surface area contributed by atoms with Gasteiger partial charge in [0.05, 0.1) is 0 Å². The predicted octanol–water partition coefficient (Wildman–Crippen LogP) is 3.40. The van der Waals surface area contributed by atoms with Crippen LogP contribution in [0.25, 0.3) is 0 Å². The molecule has 0 bridgehead atoms. The first-order valence-corrected chi connectivity index (χ1v) is 7.62. The fourth-order valence-electron chi connectivity index (χ4n) is 0.530. The fourth-order valence-corrected chi connectivity index (χ4v) is 1.52. The Labute approximate surface area is 63.6 Å². The first-order valence-electron chi connectivity index (χ1n) is 3.40. The van der Waals surface area contributed by atoms with Crippen molar-refractivity contribution in [3.8, 4) is 0 Å². The molecule has 0 aromatic heterocycles. The molecule has 0 N–H and O–H groups in total. The van der Waals surface area contributed by atoms with E-state index in [-0.39, 0.29) is 0 Å². The summed E-state index contributed by atoms with van der Waals surface area (Å²) in [6, 6.07) is 1.10. The largest absolute Gasteiger partial charge is 0.167 e. The van der Waals surface area contributed by atoms with Crippen molar-refractivity contribution >= 4 is 18.5 Å². The Morgan fingerprint density at radius 2 is 1.89 bits per heavy atom. The van der Waals surface area contributed by atoms with Crippen molar-refractivity contribution in [1.29, 1.82) is 0 Å². The zero-order valence-corrected chi connectivity index (χ0v) is 8.20. The molecule has 0 nitrogen and oxygen atoms in total. The second-order valence-electron chi connectivity index (χ2n) is 2.80. The van der Waals surface area contributed by atoms with Crippen LogP contribution in [0.15, 0.2) is 12.2 Å². The van der Waals surface area contributed by atoms with Crippen LogP contribution in [0.3, 0.4) is 0 Å². The Morgan fingerprint density at radius 1 is 1.33 bits per heavy atom. The molecule has 0 heterocycles. The first-order chi connectivity index (χ1) is 4.06. The molecule has 0 atom stereocenters. The van der Waals surface area contributed by atoms with Crippen molar-refractivity contribution in [3.05, 3.63) is 12.2 Å². The molecule has 0 saturated carbocycles. The van der Waals surface area contributed by atoms with E-state index in [0.717, 1.165) is 12.5 Å². The van der Waals surface area contributed by atoms with E-state index in [1.54, 1.807) is 0 Å². The smallest absolute Gasteiger partial charge is 0.154 e. The number of halogens is 1. The lowest BCUT2D eigenvalue weighted by Crippen LogP contribution is -2.13. The summed E-state index contributed by atoms with van der Waals surface area (Å²) in [4.78, 5) is 0. The Kier molecular flexibility index (Phi) is 4.24. The van der Waals surface area contributed by atoms with Crippen LogP contribution in [-0.4, -0.2) is 7.38 Å². The standard InChI is InChI=1S/C7H15ClSi/c1-4-5-6-7-9(2,3)8/h5-6H,4,7H2,1-3H3/b6-5-. The molecule has 0 amide bonds. The van der Waals surface area contributed by atoms with E-state index in [4.69, 9.17) is 11.1 Å². The predicted molar refractivity (Wildman–Crippen MR) is 47.6 cm³/mol. The van der Waals surface area contributed by atoms with Gasteiger partial charge >= 0.3 is 0 Å². The molecule has 0 aliphatic carbocycles. The molecule has 0 fully saturated rings. The second kappa shape index (κ2) is 4.12. The topological polar surface area (TPSA) is 0 Å². The molecule has 0 aliphatic rings. The van der Waals surface area contributed by atoms with Gasteiger partial charge in [-0.2, -0.15) is 11.1 Å². The Bertz CT molecular complexity index is 91.6. The van der Waals surface area contributed by atoms with Crippen molar-refractivity contribution < 1.29 is 0 Å². The van der Waals surface area contributed by atoms with Crippen LogP contribution in [0.4, 0.5) is 0 Å². The molecule has 0 saturated heterocycles. The van der Waals surface area contributed by atoms with Gasteiger partial charge in [0, 0.05) is 0 Å². The normalized spacial score (nSPS) is 12.9. The van der Waals surface area contributed by atoms with E-state index in [9.17, 15) is 0 Å². The minimum absolute atomic E-state index is 1.10. The summed E-state index contributed by atoms with van der Waals surface area (Å²) >= 11 is 6.06. The number of rotatable bonds is 3. The van der Waals surface area contributed by atoms with Crippen molar-refractivity contribution in [3.63, 3.8) is 0 Å². The second-order valence-corrected chi connectivity index (χ2v) is 9.72. The van der Waals surface area contributed by atoms with Gasteiger partial charge in [-0.05, 0) is 12.5 Å². The van der Waals surface area contributed by atoms with E-state index < -0.39 is 7.38 Å². The molecular weight excluding hydrogens is 148 g/mol. The van der Waals surface area contributed by atoms with Gasteiger partial charge in [0.2, 0.25) is 0 Å². The van der Waals surface area contributed by atoms with Crippen molar-refractivity contribution in [2.45, 2.75) is 32.5 Å². The highest BCUT2D eigenvalue weighted by Crippen LogP contribution is 2.14. The van der Waals surface area contributed by atoms with Gasteiger partial charge in [0.25, 0.3) is 0 Å². The zero-order valence-electron chi connectivity index (χ0n) is 6.45. The molecule has 2 heteroatoms. The van der Waals surface area contributed by atoms with Crippen LogP contribution in [0.5, 0.6) is 0 Å². The quantitative estimate of drug-likeness (QED) is 0.339. The van der Waals surface area contributed by atoms with E-state index in [1.165, 1.54) is 0 Å². The summed E-state index contributed by atoms with van der Waals surface area (Å²) in [7, 11) is -1.31. The summed E-state index contributed by atoms with van der Waals surface area (Å²) in [6.45, 7) is 6.46. The van der Waals surface area contributed by atoms with Gasteiger partial charge in [-0.25, -0.2) is 0 Å². The SMILES string of the molecule is CC/C=C\C[Si](C)(C)Cl. The lowest BCUT2D eigenvalue weighted by Gasteiger charge is -2.07. The Balaban J connectivity index is 3.38. The van der Waals surface area contributed by atoms with Gasteiger partial charge in [-0.15, -0.1) is 0 Å². The van der Waals surface area contributed by atoms with E-state index in [2.05, 4.69) is 32.2 Å². The maximum absolute atomic E-state index is 6.06. The molecule has 0 radical (unpaired) electrons. The molecule has 0 unspecified atom stereocenters.